The van der Waals surface area contributed by atoms with E-state index in [4.69, 9.17) is 13.9 Å². The topological polar surface area (TPSA) is 93.1 Å². The van der Waals surface area contributed by atoms with Crippen LogP contribution in [0.2, 0.25) is 0 Å². The Kier molecular flexibility index (Phi) is 18.6. The molecular formula is C36H60O6U. The van der Waals surface area contributed by atoms with Gasteiger partial charge in [-0.15, -0.1) is 0 Å². The van der Waals surface area contributed by atoms with Crippen LogP contribution >= 0.6 is 0 Å². The summed E-state index contributed by atoms with van der Waals surface area (Å²) < 4.78 is 27.1. The number of phenolic OH excluding ortho intramolecular Hbond substituents is 2. The molecule has 6 nitrogen and oxygen atoms in total. The third-order valence-corrected chi connectivity index (χ3v) is 6.96. The molecule has 43 heavy (non-hydrogen) atoms. The summed E-state index contributed by atoms with van der Waals surface area (Å²) in [6.45, 7) is 29.4. The average molecular weight is 827 g/mol. The predicted molar refractivity (Wildman–Crippen MR) is 172 cm³/mol. The normalized spacial score (nSPS) is 14.8. The van der Waals surface area contributed by atoms with Gasteiger partial charge in [-0.3, -0.25) is 0 Å². The Balaban J connectivity index is 0.000000582. The van der Waals surface area contributed by atoms with Crippen LogP contribution in [-0.4, -0.2) is 36.6 Å². The number of hydrogen-bond acceptors (Lipinski definition) is 6. The zero-order valence-electron chi connectivity index (χ0n) is 29.1. The molecule has 0 spiro atoms. The third-order valence-electron chi connectivity index (χ3n) is 6.96. The van der Waals surface area contributed by atoms with Gasteiger partial charge in [0, 0.05) is 26.4 Å². The minimum absolute atomic E-state index is 0.00859. The van der Waals surface area contributed by atoms with Gasteiger partial charge in [-0.25, -0.2) is 0 Å². The fourth-order valence-electron chi connectivity index (χ4n) is 4.53. The van der Waals surface area contributed by atoms with Gasteiger partial charge in [0.1, 0.15) is 11.5 Å². The Morgan fingerprint density at radius 2 is 0.674 bits per heavy atom. The van der Waals surface area contributed by atoms with Gasteiger partial charge >= 0.3 is 32.3 Å². The second kappa shape index (κ2) is 19.2. The fraction of sp³-hybridized carbons (Fsp3) is 0.667. The summed E-state index contributed by atoms with van der Waals surface area (Å²) in [6.07, 6.45) is 5.11. The van der Waals surface area contributed by atoms with Crippen molar-refractivity contribution in [1.82, 2.24) is 0 Å². The van der Waals surface area contributed by atoms with Crippen molar-refractivity contribution in [1.29, 1.82) is 0 Å². The van der Waals surface area contributed by atoms with Gasteiger partial charge < -0.3 is 19.7 Å². The van der Waals surface area contributed by atoms with E-state index in [-0.39, 0.29) is 21.7 Å². The summed E-state index contributed by atoms with van der Waals surface area (Å²) in [4.78, 5) is 0. The second-order valence-corrected chi connectivity index (χ2v) is 15.8. The SMILES string of the molecule is C1CCOC1.C1CCOC1.CC(C)(C)c1cccc(C(C)(C)C)c1O.CC(C)(C)c1cccc(C(C)(C)C)c1O.[O]=[U]=[O]. The molecule has 0 amide bonds. The van der Waals surface area contributed by atoms with Crippen molar-refractivity contribution in [2.45, 2.75) is 130 Å². The Bertz CT molecular complexity index is 937. The van der Waals surface area contributed by atoms with Gasteiger partial charge in [-0.1, -0.05) is 119 Å². The summed E-state index contributed by atoms with van der Waals surface area (Å²) >= 11 is -2.51. The maximum atomic E-state index is 10.3. The molecule has 2 N–H and O–H groups in total. The van der Waals surface area contributed by atoms with Crippen molar-refractivity contribution in [3.63, 3.8) is 0 Å². The first-order valence-electron chi connectivity index (χ1n) is 15.5. The first-order valence-corrected chi connectivity index (χ1v) is 18.9. The van der Waals surface area contributed by atoms with E-state index in [9.17, 15) is 10.2 Å². The zero-order chi connectivity index (χ0) is 33.5. The van der Waals surface area contributed by atoms with Crippen molar-refractivity contribution in [2.24, 2.45) is 0 Å². The summed E-state index contributed by atoms with van der Waals surface area (Å²) in [5, 5.41) is 20.5. The molecular weight excluding hydrogens is 766 g/mol. The van der Waals surface area contributed by atoms with Gasteiger partial charge in [-0.05, 0) is 69.6 Å². The molecule has 244 valence electrons. The molecule has 0 radical (unpaired) electrons. The van der Waals surface area contributed by atoms with Crippen molar-refractivity contribution < 1.29 is 52.0 Å². The van der Waals surface area contributed by atoms with Crippen molar-refractivity contribution in [3.8, 4) is 11.5 Å². The average Bonchev–Trinajstić information content (AvgIpc) is 3.62. The van der Waals surface area contributed by atoms with Crippen LogP contribution in [0.25, 0.3) is 0 Å². The fourth-order valence-corrected chi connectivity index (χ4v) is 4.53. The molecule has 2 aromatic carbocycles. The van der Waals surface area contributed by atoms with E-state index in [0.29, 0.717) is 11.5 Å². The first kappa shape index (κ1) is 41.6. The van der Waals surface area contributed by atoms with E-state index in [0.717, 1.165) is 48.7 Å². The van der Waals surface area contributed by atoms with Crippen LogP contribution in [0, 0.1) is 27.8 Å². The Hall–Kier alpha value is -1.39. The van der Waals surface area contributed by atoms with Gasteiger partial charge in [0.15, 0.2) is 0 Å². The van der Waals surface area contributed by atoms with E-state index in [1.165, 1.54) is 25.7 Å². The number of ether oxygens (including phenoxy) is 2. The number of benzene rings is 2. The maximum absolute atomic E-state index is 10.3. The second-order valence-electron chi connectivity index (χ2n) is 15.1. The molecule has 7 heteroatoms. The molecule has 2 aliphatic rings. The Labute approximate surface area is 277 Å². The van der Waals surface area contributed by atoms with E-state index in [1.54, 1.807) is 0 Å². The summed E-state index contributed by atoms with van der Waals surface area (Å²) in [5.41, 5.74) is 4.06. The molecule has 0 aromatic heterocycles. The van der Waals surface area contributed by atoms with Gasteiger partial charge in [0.25, 0.3) is 0 Å². The summed E-state index contributed by atoms with van der Waals surface area (Å²) in [5.74, 6) is 0.912. The molecule has 0 atom stereocenters. The molecule has 2 aliphatic heterocycles. The van der Waals surface area contributed by atoms with Crippen molar-refractivity contribution >= 4 is 0 Å². The van der Waals surface area contributed by atoms with E-state index >= 15 is 0 Å². The van der Waals surface area contributed by atoms with Crippen LogP contribution in [0.5, 0.6) is 11.5 Å². The molecule has 0 aliphatic carbocycles. The van der Waals surface area contributed by atoms with Crippen LogP contribution in [0.15, 0.2) is 36.4 Å². The number of aromatic hydroxyl groups is 2. The van der Waals surface area contributed by atoms with Gasteiger partial charge in [0.2, 0.25) is 0 Å². The molecule has 4 rings (SSSR count). The van der Waals surface area contributed by atoms with Crippen LogP contribution < -0.4 is 0 Å². The van der Waals surface area contributed by atoms with Crippen molar-refractivity contribution in [3.05, 3.63) is 58.7 Å². The molecule has 2 saturated heterocycles. The zero-order valence-corrected chi connectivity index (χ0v) is 33.3. The molecule has 2 heterocycles. The number of rotatable bonds is 0. The predicted octanol–water partition coefficient (Wildman–Crippen LogP) is 9.33. The minimum atomic E-state index is -2.51. The standard InChI is InChI=1S/2C14H22O.2C4H8O.2O.U/c2*1-13(2,3)10-8-7-9-11(12(10)15)14(4,5)6;2*1-2-4-5-3-1;;;/h2*7-9,15H,1-6H3;2*1-4H2;;;. The number of phenols is 2. The van der Waals surface area contributed by atoms with Crippen molar-refractivity contribution in [2.75, 3.05) is 26.4 Å². The van der Waals surface area contributed by atoms with Crippen LogP contribution in [0.1, 0.15) is 131 Å². The van der Waals surface area contributed by atoms with Crippen LogP contribution in [0.4, 0.5) is 0 Å². The first-order chi connectivity index (χ1) is 19.7. The van der Waals surface area contributed by atoms with Crippen LogP contribution in [-0.2, 0) is 35.6 Å². The molecule has 2 fully saturated rings. The Morgan fingerprint density at radius 3 is 0.791 bits per heavy atom. The van der Waals surface area contributed by atoms with E-state index < -0.39 is 27.8 Å². The molecule has 2 aromatic rings. The van der Waals surface area contributed by atoms with Gasteiger partial charge in [-0.2, -0.15) is 0 Å². The van der Waals surface area contributed by atoms with Gasteiger partial charge in [0.05, 0.1) is 0 Å². The third kappa shape index (κ3) is 16.5. The molecule has 0 bridgehead atoms. The Morgan fingerprint density at radius 1 is 0.488 bits per heavy atom. The van der Waals surface area contributed by atoms with E-state index in [2.05, 4.69) is 83.1 Å². The van der Waals surface area contributed by atoms with E-state index in [1.807, 2.05) is 36.4 Å². The molecule has 0 saturated carbocycles. The number of hydrogen-bond donors (Lipinski definition) is 2. The summed E-state index contributed by atoms with van der Waals surface area (Å²) in [6, 6.07) is 12.1. The monoisotopic (exact) mass is 826 g/mol. The molecule has 0 unspecified atom stereocenters. The number of para-hydroxylation sites is 2. The quantitative estimate of drug-likeness (QED) is 0.275. The van der Waals surface area contributed by atoms with Crippen LogP contribution in [0.3, 0.4) is 0 Å². The summed E-state index contributed by atoms with van der Waals surface area (Å²) in [7, 11) is 0.